The van der Waals surface area contributed by atoms with Gasteiger partial charge in [0.15, 0.2) is 0 Å². The van der Waals surface area contributed by atoms with Crippen LogP contribution in [0.15, 0.2) is 66.7 Å². The number of ether oxygens (including phenoxy) is 2. The normalized spacial score (nSPS) is 15.7. The number of nitrogens with zero attached hydrogens (tertiary/aromatic N) is 1. The molecule has 0 fully saturated rings. The summed E-state index contributed by atoms with van der Waals surface area (Å²) in [5.41, 5.74) is 9.77. The summed E-state index contributed by atoms with van der Waals surface area (Å²) in [6.45, 7) is 0. The van der Waals surface area contributed by atoms with Crippen molar-refractivity contribution >= 4 is 6.29 Å². The number of carbonyl (C=O) groups is 1. The van der Waals surface area contributed by atoms with Crippen LogP contribution >= 0.6 is 0 Å². The van der Waals surface area contributed by atoms with Gasteiger partial charge < -0.3 is 20.0 Å². The predicted octanol–water partition coefficient (Wildman–Crippen LogP) is 5.01. The molecular weight excluding hydrogens is 376 g/mol. The molecular formula is C25H22N2O3. The van der Waals surface area contributed by atoms with Gasteiger partial charge in [-0.3, -0.25) is 0 Å². The van der Waals surface area contributed by atoms with E-state index in [1.54, 1.807) is 24.3 Å². The van der Waals surface area contributed by atoms with Crippen LogP contribution in [0.4, 0.5) is 0 Å². The summed E-state index contributed by atoms with van der Waals surface area (Å²) in [7, 11) is 0. The van der Waals surface area contributed by atoms with Crippen molar-refractivity contribution in [1.82, 2.24) is 0 Å². The Morgan fingerprint density at radius 3 is 2.50 bits per heavy atom. The van der Waals surface area contributed by atoms with Crippen molar-refractivity contribution in [3.8, 4) is 23.3 Å². The predicted molar refractivity (Wildman–Crippen MR) is 113 cm³/mol. The minimum atomic E-state index is -0.286. The van der Waals surface area contributed by atoms with Crippen LogP contribution in [0.25, 0.3) is 0 Å². The number of hydrogen-bond donors (Lipinski definition) is 1. The molecule has 0 heterocycles. The quantitative estimate of drug-likeness (QED) is 0.566. The molecule has 2 N–H and O–H groups in total. The average molecular weight is 398 g/mol. The van der Waals surface area contributed by atoms with E-state index in [1.165, 1.54) is 0 Å². The highest BCUT2D eigenvalue weighted by Gasteiger charge is 2.27. The lowest BCUT2D eigenvalue weighted by molar-refractivity contribution is -0.108. The first-order valence-electron chi connectivity index (χ1n) is 9.93. The molecule has 0 aliphatic heterocycles. The Kier molecular flexibility index (Phi) is 5.78. The SMILES string of the molecule is N#Cc1ccc(Oc2cccc3c2CCC3Oc2ccc(C(N)CC=O)cc2)cc1. The highest BCUT2D eigenvalue weighted by atomic mass is 16.5. The minimum absolute atomic E-state index is 0.0426. The Balaban J connectivity index is 1.48. The molecule has 2 atom stereocenters. The maximum absolute atomic E-state index is 10.6. The van der Waals surface area contributed by atoms with E-state index in [4.69, 9.17) is 20.5 Å². The van der Waals surface area contributed by atoms with Crippen molar-refractivity contribution in [1.29, 1.82) is 5.26 Å². The van der Waals surface area contributed by atoms with Gasteiger partial charge in [0.05, 0.1) is 11.6 Å². The smallest absolute Gasteiger partial charge is 0.131 e. The third-order valence-electron chi connectivity index (χ3n) is 5.32. The average Bonchev–Trinajstić information content (AvgIpc) is 3.19. The van der Waals surface area contributed by atoms with Crippen molar-refractivity contribution in [2.45, 2.75) is 31.4 Å². The Hall–Kier alpha value is -3.62. The lowest BCUT2D eigenvalue weighted by atomic mass is 10.1. The molecule has 2 unspecified atom stereocenters. The summed E-state index contributed by atoms with van der Waals surface area (Å²) in [5, 5.41) is 8.94. The molecule has 30 heavy (non-hydrogen) atoms. The number of aldehydes is 1. The molecule has 4 rings (SSSR count). The van der Waals surface area contributed by atoms with Crippen LogP contribution in [0.2, 0.25) is 0 Å². The van der Waals surface area contributed by atoms with Crippen LogP contribution in [0, 0.1) is 11.3 Å². The zero-order valence-electron chi connectivity index (χ0n) is 16.5. The van der Waals surface area contributed by atoms with E-state index >= 15 is 0 Å². The van der Waals surface area contributed by atoms with Crippen LogP contribution < -0.4 is 15.2 Å². The molecule has 0 aromatic heterocycles. The Morgan fingerprint density at radius 1 is 1.07 bits per heavy atom. The van der Waals surface area contributed by atoms with E-state index in [0.29, 0.717) is 17.7 Å². The summed E-state index contributed by atoms with van der Waals surface area (Å²) in [6, 6.07) is 22.5. The Bertz CT molecular complexity index is 1070. The number of fused-ring (bicyclic) bond motifs is 1. The molecule has 0 saturated heterocycles. The number of nitriles is 1. The van der Waals surface area contributed by atoms with Gasteiger partial charge in [0.25, 0.3) is 0 Å². The standard InChI is InChI=1S/C25H22N2O3/c26-16-17-4-8-19(9-5-17)29-24-3-1-2-21-22(24)12-13-25(21)30-20-10-6-18(7-11-20)23(27)14-15-28/h1-11,15,23,25H,12-14,27H2. The Labute approximate surface area is 175 Å². The lowest BCUT2D eigenvalue weighted by Gasteiger charge is -2.17. The molecule has 0 saturated carbocycles. The van der Waals surface area contributed by atoms with Gasteiger partial charge in [-0.15, -0.1) is 0 Å². The number of nitrogens with two attached hydrogens (primary N) is 1. The van der Waals surface area contributed by atoms with E-state index in [2.05, 4.69) is 12.1 Å². The highest BCUT2D eigenvalue weighted by Crippen LogP contribution is 2.41. The minimum Gasteiger partial charge on any atom is -0.486 e. The van der Waals surface area contributed by atoms with Crippen molar-refractivity contribution in [2.24, 2.45) is 5.73 Å². The zero-order chi connectivity index (χ0) is 20.9. The topological polar surface area (TPSA) is 85.3 Å². The maximum Gasteiger partial charge on any atom is 0.131 e. The molecule has 1 aliphatic rings. The van der Waals surface area contributed by atoms with E-state index in [-0.39, 0.29) is 12.1 Å². The molecule has 0 spiro atoms. The van der Waals surface area contributed by atoms with E-state index in [9.17, 15) is 4.79 Å². The van der Waals surface area contributed by atoms with Crippen LogP contribution in [-0.2, 0) is 11.2 Å². The summed E-state index contributed by atoms with van der Waals surface area (Å²) < 4.78 is 12.3. The lowest BCUT2D eigenvalue weighted by Crippen LogP contribution is -2.10. The fourth-order valence-corrected chi connectivity index (χ4v) is 3.72. The molecule has 5 heteroatoms. The molecule has 0 radical (unpaired) electrons. The van der Waals surface area contributed by atoms with Crippen molar-refractivity contribution in [2.75, 3.05) is 0 Å². The molecule has 0 bridgehead atoms. The summed E-state index contributed by atoms with van der Waals surface area (Å²) in [4.78, 5) is 10.6. The first-order chi connectivity index (χ1) is 14.7. The fourth-order valence-electron chi connectivity index (χ4n) is 3.72. The first-order valence-corrected chi connectivity index (χ1v) is 9.93. The summed E-state index contributed by atoms with van der Waals surface area (Å²) in [5.74, 6) is 2.29. The van der Waals surface area contributed by atoms with Crippen LogP contribution in [0.5, 0.6) is 17.2 Å². The molecule has 3 aromatic carbocycles. The van der Waals surface area contributed by atoms with E-state index in [0.717, 1.165) is 47.3 Å². The molecule has 0 amide bonds. The number of carbonyl (C=O) groups excluding carboxylic acids is 1. The summed E-state index contributed by atoms with van der Waals surface area (Å²) in [6.07, 6.45) is 2.84. The van der Waals surface area contributed by atoms with Crippen LogP contribution in [-0.4, -0.2) is 6.29 Å². The van der Waals surface area contributed by atoms with Crippen molar-refractivity contribution in [3.63, 3.8) is 0 Å². The third-order valence-corrected chi connectivity index (χ3v) is 5.32. The second-order valence-corrected chi connectivity index (χ2v) is 7.29. The fraction of sp³-hybridized carbons (Fsp3) is 0.200. The first kappa shape index (κ1) is 19.7. The van der Waals surface area contributed by atoms with E-state index < -0.39 is 0 Å². The Morgan fingerprint density at radius 2 is 1.80 bits per heavy atom. The van der Waals surface area contributed by atoms with E-state index in [1.807, 2.05) is 36.4 Å². The van der Waals surface area contributed by atoms with Crippen molar-refractivity contribution in [3.05, 3.63) is 89.0 Å². The van der Waals surface area contributed by atoms with Gasteiger partial charge in [0.2, 0.25) is 0 Å². The highest BCUT2D eigenvalue weighted by molar-refractivity contribution is 5.51. The second-order valence-electron chi connectivity index (χ2n) is 7.29. The number of hydrogen-bond acceptors (Lipinski definition) is 5. The maximum atomic E-state index is 10.6. The van der Waals surface area contributed by atoms with Crippen LogP contribution in [0.1, 0.15) is 47.2 Å². The van der Waals surface area contributed by atoms with Crippen LogP contribution in [0.3, 0.4) is 0 Å². The van der Waals surface area contributed by atoms with Crippen molar-refractivity contribution < 1.29 is 14.3 Å². The molecule has 3 aromatic rings. The van der Waals surface area contributed by atoms with Gasteiger partial charge in [0.1, 0.15) is 29.6 Å². The number of rotatable bonds is 7. The summed E-state index contributed by atoms with van der Waals surface area (Å²) >= 11 is 0. The number of benzene rings is 3. The monoisotopic (exact) mass is 398 g/mol. The van der Waals surface area contributed by atoms with Gasteiger partial charge in [-0.2, -0.15) is 5.26 Å². The second kappa shape index (κ2) is 8.81. The van der Waals surface area contributed by atoms with Gasteiger partial charge in [-0.25, -0.2) is 0 Å². The van der Waals surface area contributed by atoms with Gasteiger partial charge >= 0.3 is 0 Å². The molecule has 150 valence electrons. The largest absolute Gasteiger partial charge is 0.486 e. The van der Waals surface area contributed by atoms with Gasteiger partial charge in [-0.05, 0) is 66.4 Å². The third kappa shape index (κ3) is 4.19. The van der Waals surface area contributed by atoms with Gasteiger partial charge in [0, 0.05) is 18.0 Å². The zero-order valence-corrected chi connectivity index (χ0v) is 16.5. The molecule has 1 aliphatic carbocycles. The van der Waals surface area contributed by atoms with Gasteiger partial charge in [-0.1, -0.05) is 24.3 Å². The molecule has 5 nitrogen and oxygen atoms in total.